The number of hydrogen-bond donors (Lipinski definition) is 1. The highest BCUT2D eigenvalue weighted by Crippen LogP contribution is 2.36. The van der Waals surface area contributed by atoms with E-state index in [4.69, 9.17) is 4.74 Å². The Morgan fingerprint density at radius 3 is 2.52 bits per heavy atom. The van der Waals surface area contributed by atoms with E-state index in [1.54, 1.807) is 11.8 Å². The van der Waals surface area contributed by atoms with Gasteiger partial charge in [-0.15, -0.1) is 5.10 Å². The van der Waals surface area contributed by atoms with Crippen molar-refractivity contribution in [1.29, 1.82) is 0 Å². The van der Waals surface area contributed by atoms with Crippen molar-refractivity contribution in [2.24, 2.45) is 0 Å². The zero-order chi connectivity index (χ0) is 16.3. The largest absolute Gasteiger partial charge is 0.497 e. The Morgan fingerprint density at radius 1 is 1.22 bits per heavy atom. The predicted octanol–water partition coefficient (Wildman–Crippen LogP) is 1.97. The van der Waals surface area contributed by atoms with Crippen LogP contribution in [0.15, 0.2) is 24.3 Å². The van der Waals surface area contributed by atoms with Crippen LogP contribution in [0.2, 0.25) is 0 Å². The zero-order valence-electron chi connectivity index (χ0n) is 13.5. The number of nitrogens with zero attached hydrogens (tertiary/aromatic N) is 4. The number of carbonyl (C=O) groups excluding carboxylic acids is 1. The lowest BCUT2D eigenvalue weighted by Gasteiger charge is -2.36. The van der Waals surface area contributed by atoms with E-state index in [0.717, 1.165) is 37.1 Å². The number of hydrogen-bond acceptors (Lipinski definition) is 5. The predicted molar refractivity (Wildman–Crippen MR) is 84.3 cm³/mol. The van der Waals surface area contributed by atoms with E-state index in [2.05, 4.69) is 20.8 Å². The fourth-order valence-corrected chi connectivity index (χ4v) is 3.28. The molecular weight excluding hydrogens is 294 g/mol. The summed E-state index contributed by atoms with van der Waals surface area (Å²) in [6, 6.07) is 7.55. The second-order valence-corrected chi connectivity index (χ2v) is 5.94. The Morgan fingerprint density at radius 2 is 1.91 bits per heavy atom. The summed E-state index contributed by atoms with van der Waals surface area (Å²) in [6.07, 6.45) is 4.98. The number of methoxy groups -OCH3 is 1. The Hall–Kier alpha value is -2.44. The summed E-state index contributed by atoms with van der Waals surface area (Å²) in [5.74, 6) is 1.41. The lowest BCUT2D eigenvalue weighted by Crippen LogP contribution is -2.48. The van der Waals surface area contributed by atoms with Crippen LogP contribution in [0.3, 0.4) is 0 Å². The number of nitrogens with one attached hydrogen (secondary N) is 1. The van der Waals surface area contributed by atoms with E-state index in [9.17, 15) is 4.79 Å². The van der Waals surface area contributed by atoms with E-state index in [-0.39, 0.29) is 5.91 Å². The first-order valence-corrected chi connectivity index (χ1v) is 7.87. The number of amides is 1. The summed E-state index contributed by atoms with van der Waals surface area (Å²) in [6.45, 7) is 1.54. The van der Waals surface area contributed by atoms with Crippen LogP contribution in [0.5, 0.6) is 5.75 Å². The monoisotopic (exact) mass is 315 g/mol. The molecule has 1 N–H and O–H groups in total. The lowest BCUT2D eigenvalue weighted by atomic mass is 9.80. The molecule has 0 saturated heterocycles. The molecule has 1 aromatic carbocycles. The van der Waals surface area contributed by atoms with Gasteiger partial charge in [-0.2, -0.15) is 4.68 Å². The molecule has 0 aliphatic heterocycles. The molecule has 1 aliphatic carbocycles. The first-order valence-electron chi connectivity index (χ1n) is 7.87. The molecule has 7 heteroatoms. The van der Waals surface area contributed by atoms with Gasteiger partial charge in [-0.05, 0) is 47.5 Å². The van der Waals surface area contributed by atoms with Gasteiger partial charge in [0.15, 0.2) is 5.82 Å². The Labute approximate surface area is 135 Å². The fourth-order valence-electron chi connectivity index (χ4n) is 3.28. The number of rotatable bonds is 4. The lowest BCUT2D eigenvalue weighted by molar-refractivity contribution is -0.121. The van der Waals surface area contributed by atoms with Gasteiger partial charge in [0.2, 0.25) is 5.91 Å². The third-order valence-corrected chi connectivity index (χ3v) is 4.34. The average Bonchev–Trinajstić information content (AvgIpc) is 3.05. The summed E-state index contributed by atoms with van der Waals surface area (Å²) in [5.41, 5.74) is 0.356. The van der Waals surface area contributed by atoms with Gasteiger partial charge in [0.25, 0.3) is 0 Å². The quantitative estimate of drug-likeness (QED) is 0.932. The summed E-state index contributed by atoms with van der Waals surface area (Å²) in [7, 11) is 1.63. The molecule has 1 aliphatic rings. The minimum absolute atomic E-state index is 0.0591. The fraction of sp³-hybridized carbons (Fsp3) is 0.500. The van der Waals surface area contributed by atoms with Crippen LogP contribution in [-0.4, -0.2) is 33.2 Å². The van der Waals surface area contributed by atoms with Crippen LogP contribution in [0.4, 0.5) is 0 Å². The van der Waals surface area contributed by atoms with Gasteiger partial charge >= 0.3 is 0 Å². The maximum Gasteiger partial charge on any atom is 0.217 e. The molecule has 3 rings (SSSR count). The van der Waals surface area contributed by atoms with E-state index in [1.807, 2.05) is 24.3 Å². The number of aromatic nitrogens is 4. The molecule has 0 atom stereocenters. The van der Waals surface area contributed by atoms with Crippen LogP contribution in [-0.2, 0) is 10.3 Å². The number of tetrazole rings is 1. The molecule has 122 valence electrons. The van der Waals surface area contributed by atoms with Crippen molar-refractivity contribution in [3.63, 3.8) is 0 Å². The smallest absolute Gasteiger partial charge is 0.217 e. The molecule has 1 fully saturated rings. The molecule has 0 radical (unpaired) electrons. The van der Waals surface area contributed by atoms with Gasteiger partial charge in [-0.3, -0.25) is 4.79 Å². The van der Waals surface area contributed by atoms with E-state index in [0.29, 0.717) is 5.82 Å². The highest BCUT2D eigenvalue weighted by atomic mass is 16.5. The minimum Gasteiger partial charge on any atom is -0.497 e. The van der Waals surface area contributed by atoms with Gasteiger partial charge in [0.05, 0.1) is 12.8 Å². The SMILES string of the molecule is COc1ccc(-n2nnnc2C2(NC(C)=O)CCCCC2)cc1. The molecule has 0 unspecified atom stereocenters. The summed E-state index contributed by atoms with van der Waals surface area (Å²) < 4.78 is 6.90. The third kappa shape index (κ3) is 3.04. The molecule has 1 aromatic heterocycles. The topological polar surface area (TPSA) is 81.9 Å². The van der Waals surface area contributed by atoms with Crippen molar-refractivity contribution >= 4 is 5.91 Å². The van der Waals surface area contributed by atoms with E-state index in [1.165, 1.54) is 13.3 Å². The van der Waals surface area contributed by atoms with Crippen molar-refractivity contribution in [2.75, 3.05) is 7.11 Å². The Bertz CT molecular complexity index is 674. The maximum absolute atomic E-state index is 11.7. The summed E-state index contributed by atoms with van der Waals surface area (Å²) in [4.78, 5) is 11.7. The van der Waals surface area contributed by atoms with E-state index < -0.39 is 5.54 Å². The normalized spacial score (nSPS) is 16.8. The zero-order valence-corrected chi connectivity index (χ0v) is 13.5. The Balaban J connectivity index is 2.01. The highest BCUT2D eigenvalue weighted by molar-refractivity contribution is 5.74. The molecule has 2 aromatic rings. The summed E-state index contributed by atoms with van der Waals surface area (Å²) in [5, 5.41) is 15.3. The molecule has 0 bridgehead atoms. The van der Waals surface area contributed by atoms with Gasteiger partial charge in [-0.1, -0.05) is 19.3 Å². The molecular formula is C16H21N5O2. The second-order valence-electron chi connectivity index (χ2n) is 5.94. The van der Waals surface area contributed by atoms with E-state index >= 15 is 0 Å². The number of ether oxygens (including phenoxy) is 1. The van der Waals surface area contributed by atoms with Crippen molar-refractivity contribution < 1.29 is 9.53 Å². The first-order chi connectivity index (χ1) is 11.1. The number of carbonyl (C=O) groups is 1. The highest BCUT2D eigenvalue weighted by Gasteiger charge is 2.39. The Kier molecular flexibility index (Phi) is 4.27. The molecule has 1 heterocycles. The maximum atomic E-state index is 11.7. The van der Waals surface area contributed by atoms with Crippen LogP contribution in [0.25, 0.3) is 5.69 Å². The minimum atomic E-state index is -0.493. The van der Waals surface area contributed by atoms with Crippen molar-refractivity contribution in [2.45, 2.75) is 44.6 Å². The van der Waals surface area contributed by atoms with Crippen LogP contribution >= 0.6 is 0 Å². The molecule has 0 spiro atoms. The van der Waals surface area contributed by atoms with Gasteiger partial charge in [0, 0.05) is 6.92 Å². The van der Waals surface area contributed by atoms with Crippen LogP contribution < -0.4 is 10.1 Å². The third-order valence-electron chi connectivity index (χ3n) is 4.34. The van der Waals surface area contributed by atoms with Crippen molar-refractivity contribution in [3.8, 4) is 11.4 Å². The van der Waals surface area contributed by atoms with Gasteiger partial charge in [-0.25, -0.2) is 0 Å². The first kappa shape index (κ1) is 15.5. The van der Waals surface area contributed by atoms with Crippen molar-refractivity contribution in [1.82, 2.24) is 25.5 Å². The molecule has 7 nitrogen and oxygen atoms in total. The van der Waals surface area contributed by atoms with Crippen LogP contribution in [0.1, 0.15) is 44.9 Å². The molecule has 1 saturated carbocycles. The van der Waals surface area contributed by atoms with Gasteiger partial charge < -0.3 is 10.1 Å². The van der Waals surface area contributed by atoms with Crippen LogP contribution in [0, 0.1) is 0 Å². The van der Waals surface area contributed by atoms with Gasteiger partial charge in [0.1, 0.15) is 11.3 Å². The van der Waals surface area contributed by atoms with Crippen molar-refractivity contribution in [3.05, 3.63) is 30.1 Å². The molecule has 1 amide bonds. The molecule has 23 heavy (non-hydrogen) atoms. The number of benzene rings is 1. The standard InChI is InChI=1S/C16H21N5O2/c1-12(22)17-16(10-4-3-5-11-16)15-18-19-20-21(15)13-6-8-14(23-2)9-7-13/h6-9H,3-5,10-11H2,1-2H3,(H,17,22). The average molecular weight is 315 g/mol. The second kappa shape index (κ2) is 6.36. The summed E-state index contributed by atoms with van der Waals surface area (Å²) >= 11 is 0.